The summed E-state index contributed by atoms with van der Waals surface area (Å²) in [5.74, 6) is 1.36. The summed E-state index contributed by atoms with van der Waals surface area (Å²) in [5, 5.41) is 1.15. The Kier molecular flexibility index (Phi) is 3.54. The van der Waals surface area contributed by atoms with E-state index < -0.39 is 0 Å². The minimum absolute atomic E-state index is 0.622. The SMILES string of the molecule is CC(C)CCN(C)c1cc(N)ns1. The molecule has 0 aromatic carbocycles. The molecule has 0 spiro atoms. The number of aromatic nitrogens is 1. The summed E-state index contributed by atoms with van der Waals surface area (Å²) >= 11 is 1.46. The van der Waals surface area contributed by atoms with E-state index in [1.54, 1.807) is 0 Å². The lowest BCUT2D eigenvalue weighted by Gasteiger charge is -2.17. The zero-order valence-electron chi connectivity index (χ0n) is 8.45. The number of anilines is 2. The number of nitrogens with two attached hydrogens (primary N) is 1. The van der Waals surface area contributed by atoms with E-state index in [0.717, 1.165) is 17.5 Å². The van der Waals surface area contributed by atoms with Crippen molar-refractivity contribution in [2.24, 2.45) is 5.92 Å². The van der Waals surface area contributed by atoms with Crippen molar-refractivity contribution in [3.05, 3.63) is 6.07 Å². The topological polar surface area (TPSA) is 42.1 Å². The first-order chi connectivity index (χ1) is 6.09. The fraction of sp³-hybridized carbons (Fsp3) is 0.667. The number of hydrogen-bond acceptors (Lipinski definition) is 4. The van der Waals surface area contributed by atoms with Crippen LogP contribution in [0, 0.1) is 5.92 Å². The van der Waals surface area contributed by atoms with Gasteiger partial charge in [-0.25, -0.2) is 0 Å². The van der Waals surface area contributed by atoms with Crippen molar-refractivity contribution in [1.29, 1.82) is 0 Å². The monoisotopic (exact) mass is 199 g/mol. The molecule has 0 bridgehead atoms. The highest BCUT2D eigenvalue weighted by molar-refractivity contribution is 7.10. The molecule has 0 atom stereocenters. The van der Waals surface area contributed by atoms with Gasteiger partial charge in [0.2, 0.25) is 0 Å². The maximum absolute atomic E-state index is 5.54. The van der Waals surface area contributed by atoms with Gasteiger partial charge in [0.05, 0.1) is 0 Å². The van der Waals surface area contributed by atoms with Gasteiger partial charge in [-0.15, -0.1) is 0 Å². The van der Waals surface area contributed by atoms with Crippen LogP contribution in [0.2, 0.25) is 0 Å². The largest absolute Gasteiger partial charge is 0.383 e. The second kappa shape index (κ2) is 4.46. The summed E-state index contributed by atoms with van der Waals surface area (Å²) < 4.78 is 4.04. The average molecular weight is 199 g/mol. The first kappa shape index (κ1) is 10.3. The van der Waals surface area contributed by atoms with E-state index in [0.29, 0.717) is 5.82 Å². The number of hydrogen-bond donors (Lipinski definition) is 1. The van der Waals surface area contributed by atoms with Gasteiger partial charge in [-0.2, -0.15) is 4.37 Å². The third kappa shape index (κ3) is 3.22. The summed E-state index contributed by atoms with van der Waals surface area (Å²) in [5.41, 5.74) is 5.54. The second-order valence-electron chi connectivity index (χ2n) is 3.69. The van der Waals surface area contributed by atoms with Crippen molar-refractivity contribution in [3.8, 4) is 0 Å². The normalized spacial score (nSPS) is 10.8. The van der Waals surface area contributed by atoms with E-state index in [-0.39, 0.29) is 0 Å². The second-order valence-corrected chi connectivity index (χ2v) is 4.48. The van der Waals surface area contributed by atoms with Crippen LogP contribution in [-0.2, 0) is 0 Å². The third-order valence-corrected chi connectivity index (χ3v) is 2.85. The lowest BCUT2D eigenvalue weighted by Crippen LogP contribution is -2.18. The van der Waals surface area contributed by atoms with Crippen LogP contribution < -0.4 is 10.6 Å². The lowest BCUT2D eigenvalue weighted by atomic mass is 10.1. The lowest BCUT2D eigenvalue weighted by molar-refractivity contribution is 0.586. The van der Waals surface area contributed by atoms with E-state index >= 15 is 0 Å². The Balaban J connectivity index is 2.44. The number of nitrogens with zero attached hydrogens (tertiary/aromatic N) is 2. The summed E-state index contributed by atoms with van der Waals surface area (Å²) in [4.78, 5) is 2.20. The molecule has 3 nitrogen and oxygen atoms in total. The predicted molar refractivity (Wildman–Crippen MR) is 59.3 cm³/mol. The van der Waals surface area contributed by atoms with Gasteiger partial charge in [0.25, 0.3) is 0 Å². The molecule has 0 amide bonds. The summed E-state index contributed by atoms with van der Waals surface area (Å²) in [6.45, 7) is 5.53. The molecule has 2 N–H and O–H groups in total. The van der Waals surface area contributed by atoms with Crippen molar-refractivity contribution in [2.45, 2.75) is 20.3 Å². The Hall–Kier alpha value is -0.770. The fourth-order valence-electron chi connectivity index (χ4n) is 1.02. The van der Waals surface area contributed by atoms with Crippen LogP contribution in [0.15, 0.2) is 6.07 Å². The van der Waals surface area contributed by atoms with Gasteiger partial charge < -0.3 is 10.6 Å². The van der Waals surface area contributed by atoms with E-state index in [1.165, 1.54) is 18.0 Å². The van der Waals surface area contributed by atoms with Gasteiger partial charge in [0.1, 0.15) is 10.8 Å². The molecular weight excluding hydrogens is 182 g/mol. The molecule has 1 aromatic heterocycles. The number of rotatable bonds is 4. The van der Waals surface area contributed by atoms with Crippen LogP contribution in [0.25, 0.3) is 0 Å². The smallest absolute Gasteiger partial charge is 0.139 e. The zero-order chi connectivity index (χ0) is 9.84. The van der Waals surface area contributed by atoms with Crippen LogP contribution >= 0.6 is 11.5 Å². The average Bonchev–Trinajstić information content (AvgIpc) is 2.47. The van der Waals surface area contributed by atoms with E-state index in [9.17, 15) is 0 Å². The fourth-order valence-corrected chi connectivity index (χ4v) is 1.68. The van der Waals surface area contributed by atoms with Crippen LogP contribution in [0.1, 0.15) is 20.3 Å². The molecule has 1 aromatic rings. The molecule has 0 saturated heterocycles. The first-order valence-electron chi connectivity index (χ1n) is 4.53. The van der Waals surface area contributed by atoms with Crippen molar-refractivity contribution in [1.82, 2.24) is 4.37 Å². The van der Waals surface area contributed by atoms with Crippen LogP contribution in [-0.4, -0.2) is 18.0 Å². The Morgan fingerprint density at radius 2 is 2.31 bits per heavy atom. The molecule has 0 radical (unpaired) electrons. The van der Waals surface area contributed by atoms with Crippen LogP contribution in [0.5, 0.6) is 0 Å². The van der Waals surface area contributed by atoms with Gasteiger partial charge >= 0.3 is 0 Å². The van der Waals surface area contributed by atoms with Crippen molar-refractivity contribution >= 4 is 22.4 Å². The molecule has 1 rings (SSSR count). The Morgan fingerprint density at radius 1 is 1.62 bits per heavy atom. The predicted octanol–water partition coefficient (Wildman–Crippen LogP) is 2.21. The molecule has 0 aliphatic rings. The van der Waals surface area contributed by atoms with Gasteiger partial charge in [0.15, 0.2) is 0 Å². The van der Waals surface area contributed by atoms with Crippen molar-refractivity contribution in [2.75, 3.05) is 24.2 Å². The van der Waals surface area contributed by atoms with Crippen molar-refractivity contribution in [3.63, 3.8) is 0 Å². The highest BCUT2D eigenvalue weighted by atomic mass is 32.1. The minimum Gasteiger partial charge on any atom is -0.383 e. The highest BCUT2D eigenvalue weighted by Crippen LogP contribution is 2.21. The van der Waals surface area contributed by atoms with Gasteiger partial charge in [-0.3, -0.25) is 0 Å². The molecule has 0 fully saturated rings. The molecule has 0 aliphatic carbocycles. The van der Waals surface area contributed by atoms with Gasteiger partial charge in [0, 0.05) is 19.7 Å². The van der Waals surface area contributed by atoms with Crippen LogP contribution in [0.3, 0.4) is 0 Å². The molecule has 4 heteroatoms. The van der Waals surface area contributed by atoms with Gasteiger partial charge in [-0.1, -0.05) is 13.8 Å². The summed E-state index contributed by atoms with van der Waals surface area (Å²) in [7, 11) is 2.08. The molecule has 0 unspecified atom stereocenters. The standard InChI is InChI=1S/C9H17N3S/c1-7(2)4-5-12(3)9-6-8(10)11-13-9/h6-7H,4-5H2,1-3H3,(H2,10,11). The molecule has 1 heterocycles. The third-order valence-electron chi connectivity index (χ3n) is 1.93. The van der Waals surface area contributed by atoms with Gasteiger partial charge in [-0.05, 0) is 23.9 Å². The maximum Gasteiger partial charge on any atom is 0.139 e. The van der Waals surface area contributed by atoms with E-state index in [1.807, 2.05) is 6.07 Å². The molecular formula is C9H17N3S. The highest BCUT2D eigenvalue weighted by Gasteiger charge is 2.05. The molecule has 0 saturated carbocycles. The summed E-state index contributed by atoms with van der Waals surface area (Å²) in [6, 6.07) is 1.92. The summed E-state index contributed by atoms with van der Waals surface area (Å²) in [6.07, 6.45) is 1.20. The Morgan fingerprint density at radius 3 is 2.77 bits per heavy atom. The number of nitrogen functional groups attached to an aromatic ring is 1. The zero-order valence-corrected chi connectivity index (χ0v) is 9.27. The first-order valence-corrected chi connectivity index (χ1v) is 5.30. The van der Waals surface area contributed by atoms with Crippen LogP contribution in [0.4, 0.5) is 10.8 Å². The Bertz CT molecular complexity index is 257. The molecule has 74 valence electrons. The minimum atomic E-state index is 0.622. The molecule has 13 heavy (non-hydrogen) atoms. The van der Waals surface area contributed by atoms with E-state index in [4.69, 9.17) is 5.73 Å². The van der Waals surface area contributed by atoms with Crippen molar-refractivity contribution < 1.29 is 0 Å². The maximum atomic E-state index is 5.54. The Labute approximate surface area is 83.7 Å². The molecule has 0 aliphatic heterocycles. The van der Waals surface area contributed by atoms with E-state index in [2.05, 4.69) is 30.2 Å². The quantitative estimate of drug-likeness (QED) is 0.808.